The number of nitrogens with zero attached hydrogens (tertiary/aromatic N) is 2. The molecule has 15 heavy (non-hydrogen) atoms. The maximum Gasteiger partial charge on any atom is 0.228 e. The summed E-state index contributed by atoms with van der Waals surface area (Å²) in [6.07, 6.45) is 2.13. The molecule has 1 saturated heterocycles. The predicted molar refractivity (Wildman–Crippen MR) is 63.3 cm³/mol. The number of amides is 1. The van der Waals surface area contributed by atoms with E-state index < -0.39 is 0 Å². The summed E-state index contributed by atoms with van der Waals surface area (Å²) in [5.74, 6) is 0.0676. The molecule has 0 N–H and O–H groups in total. The predicted octanol–water partition coefficient (Wildman–Crippen LogP) is 2.50. The molecular weight excluding hydrogens is 279 g/mol. The summed E-state index contributed by atoms with van der Waals surface area (Å²) in [6.45, 7) is 2.45. The molecule has 0 aliphatic carbocycles. The third-order valence-electron chi connectivity index (χ3n) is 2.40. The fourth-order valence-corrected chi connectivity index (χ4v) is 2.26. The average Bonchev–Trinajstić information content (AvgIpc) is 2.50. The van der Waals surface area contributed by atoms with Crippen LogP contribution in [0.25, 0.3) is 0 Å². The van der Waals surface area contributed by atoms with Crippen molar-refractivity contribution in [2.45, 2.75) is 18.7 Å². The van der Waals surface area contributed by atoms with Crippen LogP contribution >= 0.6 is 27.5 Å². The number of aromatic nitrogens is 1. The summed E-state index contributed by atoms with van der Waals surface area (Å²) in [6, 6.07) is 1.90. The van der Waals surface area contributed by atoms with Gasteiger partial charge in [0.2, 0.25) is 5.91 Å². The summed E-state index contributed by atoms with van der Waals surface area (Å²) in [7, 11) is 0. The molecule has 2 rings (SSSR count). The molecule has 0 aromatic carbocycles. The van der Waals surface area contributed by atoms with Gasteiger partial charge in [-0.1, -0.05) is 0 Å². The first-order valence-electron chi connectivity index (χ1n) is 4.64. The lowest BCUT2D eigenvalue weighted by Crippen LogP contribution is -2.25. The smallest absolute Gasteiger partial charge is 0.228 e. The van der Waals surface area contributed by atoms with Crippen LogP contribution in [-0.2, 0) is 4.79 Å². The van der Waals surface area contributed by atoms with Crippen molar-refractivity contribution < 1.29 is 4.79 Å². The Morgan fingerprint density at radius 3 is 3.00 bits per heavy atom. The first-order chi connectivity index (χ1) is 7.08. The lowest BCUT2D eigenvalue weighted by molar-refractivity contribution is -0.117. The molecule has 1 aliphatic rings. The fraction of sp³-hybridized carbons (Fsp3) is 0.400. The van der Waals surface area contributed by atoms with E-state index in [9.17, 15) is 4.79 Å². The van der Waals surface area contributed by atoms with E-state index in [1.165, 1.54) is 0 Å². The number of carbonyl (C=O) groups is 1. The van der Waals surface area contributed by atoms with Crippen LogP contribution in [0.3, 0.4) is 0 Å². The normalized spacial score (nSPS) is 21.1. The molecule has 3 nitrogen and oxygen atoms in total. The Hall–Kier alpha value is -0.610. The zero-order valence-corrected chi connectivity index (χ0v) is 10.5. The van der Waals surface area contributed by atoms with Gasteiger partial charge in [-0.2, -0.15) is 0 Å². The van der Waals surface area contributed by atoms with E-state index in [1.54, 1.807) is 11.1 Å². The lowest BCUT2D eigenvalue weighted by Gasteiger charge is -2.17. The number of hydrogen-bond acceptors (Lipinski definition) is 2. The van der Waals surface area contributed by atoms with E-state index in [0.717, 1.165) is 15.9 Å². The fourth-order valence-electron chi connectivity index (χ4n) is 1.67. The number of aryl methyl sites for hydroxylation is 1. The van der Waals surface area contributed by atoms with Gasteiger partial charge in [0.25, 0.3) is 0 Å². The number of pyridine rings is 1. The van der Waals surface area contributed by atoms with Crippen LogP contribution in [-0.4, -0.2) is 22.8 Å². The molecule has 1 aliphatic heterocycles. The van der Waals surface area contributed by atoms with E-state index in [-0.39, 0.29) is 11.3 Å². The zero-order chi connectivity index (χ0) is 11.0. The molecule has 1 aromatic heterocycles. The van der Waals surface area contributed by atoms with Crippen LogP contribution in [0.1, 0.15) is 12.1 Å². The van der Waals surface area contributed by atoms with E-state index in [4.69, 9.17) is 11.6 Å². The third-order valence-corrected chi connectivity index (χ3v) is 3.12. The van der Waals surface area contributed by atoms with Gasteiger partial charge < -0.3 is 4.90 Å². The number of halogens is 2. The Bertz CT molecular complexity index is 410. The van der Waals surface area contributed by atoms with Crippen LogP contribution in [0, 0.1) is 6.92 Å². The Morgan fingerprint density at radius 1 is 1.67 bits per heavy atom. The van der Waals surface area contributed by atoms with Gasteiger partial charge in [-0.25, -0.2) is 0 Å². The highest BCUT2D eigenvalue weighted by Crippen LogP contribution is 2.28. The molecule has 0 bridgehead atoms. The Morgan fingerprint density at radius 2 is 2.40 bits per heavy atom. The van der Waals surface area contributed by atoms with Crippen molar-refractivity contribution in [2.24, 2.45) is 0 Å². The maximum atomic E-state index is 11.6. The molecule has 1 atom stereocenters. The molecule has 1 aromatic rings. The monoisotopic (exact) mass is 288 g/mol. The van der Waals surface area contributed by atoms with E-state index >= 15 is 0 Å². The molecule has 1 amide bonds. The number of anilines is 1. The van der Waals surface area contributed by atoms with Crippen molar-refractivity contribution in [1.29, 1.82) is 0 Å². The standard InChI is InChI=1S/C10H10BrClN2O/c1-6-9(2-7(11)4-13-6)14-5-8(12)3-10(14)15/h2,4,8H,3,5H2,1H3. The average molecular weight is 290 g/mol. The topological polar surface area (TPSA) is 33.2 Å². The van der Waals surface area contributed by atoms with Crippen LogP contribution < -0.4 is 4.90 Å². The second-order valence-electron chi connectivity index (χ2n) is 3.56. The first kappa shape index (κ1) is 10.9. The number of rotatable bonds is 1. The highest BCUT2D eigenvalue weighted by molar-refractivity contribution is 9.10. The van der Waals surface area contributed by atoms with Crippen molar-refractivity contribution in [3.63, 3.8) is 0 Å². The van der Waals surface area contributed by atoms with Crippen molar-refractivity contribution in [3.8, 4) is 0 Å². The van der Waals surface area contributed by atoms with Gasteiger partial charge in [0, 0.05) is 23.6 Å². The van der Waals surface area contributed by atoms with E-state index in [0.29, 0.717) is 13.0 Å². The van der Waals surface area contributed by atoms with E-state index in [1.807, 2.05) is 13.0 Å². The van der Waals surface area contributed by atoms with Gasteiger partial charge in [-0.3, -0.25) is 9.78 Å². The van der Waals surface area contributed by atoms with Crippen molar-refractivity contribution in [1.82, 2.24) is 4.98 Å². The summed E-state index contributed by atoms with van der Waals surface area (Å²) in [5, 5.41) is -0.0871. The van der Waals surface area contributed by atoms with E-state index in [2.05, 4.69) is 20.9 Å². The third kappa shape index (κ3) is 2.16. The minimum atomic E-state index is -0.0871. The van der Waals surface area contributed by atoms with Crippen molar-refractivity contribution in [2.75, 3.05) is 11.4 Å². The molecule has 0 radical (unpaired) electrons. The molecule has 1 unspecified atom stereocenters. The van der Waals surface area contributed by atoms with Crippen LogP contribution in [0.15, 0.2) is 16.7 Å². The maximum absolute atomic E-state index is 11.6. The molecule has 1 fully saturated rings. The second-order valence-corrected chi connectivity index (χ2v) is 5.10. The quantitative estimate of drug-likeness (QED) is 0.744. The second kappa shape index (κ2) is 4.10. The van der Waals surface area contributed by atoms with Gasteiger partial charge in [0.1, 0.15) is 0 Å². The molecule has 5 heteroatoms. The van der Waals surface area contributed by atoms with Gasteiger partial charge in [0.05, 0.1) is 16.8 Å². The van der Waals surface area contributed by atoms with Gasteiger partial charge >= 0.3 is 0 Å². The van der Waals surface area contributed by atoms with Gasteiger partial charge in [0.15, 0.2) is 0 Å². The summed E-state index contributed by atoms with van der Waals surface area (Å²) in [5.41, 5.74) is 1.69. The Balaban J connectivity index is 2.37. The first-order valence-corrected chi connectivity index (χ1v) is 5.87. The molecular formula is C10H10BrClN2O. The van der Waals surface area contributed by atoms with Gasteiger partial charge in [-0.15, -0.1) is 11.6 Å². The lowest BCUT2D eigenvalue weighted by atomic mass is 10.3. The molecule has 80 valence electrons. The molecule has 0 saturated carbocycles. The Kier molecular flexibility index (Phi) is 2.98. The summed E-state index contributed by atoms with van der Waals surface area (Å²) >= 11 is 9.29. The number of alkyl halides is 1. The minimum Gasteiger partial charge on any atom is -0.309 e. The zero-order valence-electron chi connectivity index (χ0n) is 8.20. The Labute approximate surface area is 102 Å². The van der Waals surface area contributed by atoms with Crippen LogP contribution in [0.5, 0.6) is 0 Å². The molecule has 0 spiro atoms. The number of hydrogen-bond donors (Lipinski definition) is 0. The van der Waals surface area contributed by atoms with Crippen LogP contribution in [0.2, 0.25) is 0 Å². The van der Waals surface area contributed by atoms with Gasteiger partial charge in [-0.05, 0) is 28.9 Å². The highest BCUT2D eigenvalue weighted by Gasteiger charge is 2.30. The van der Waals surface area contributed by atoms with Crippen molar-refractivity contribution in [3.05, 3.63) is 22.4 Å². The summed E-state index contributed by atoms with van der Waals surface area (Å²) < 4.78 is 0.869. The molecule has 2 heterocycles. The summed E-state index contributed by atoms with van der Waals surface area (Å²) in [4.78, 5) is 17.5. The largest absolute Gasteiger partial charge is 0.309 e. The SMILES string of the molecule is Cc1ncc(Br)cc1N1CC(Cl)CC1=O. The minimum absolute atomic E-state index is 0.0676. The number of carbonyl (C=O) groups excluding carboxylic acids is 1. The van der Waals surface area contributed by atoms with Crippen molar-refractivity contribution >= 4 is 39.1 Å². The highest BCUT2D eigenvalue weighted by atomic mass is 79.9. The van der Waals surface area contributed by atoms with Crippen LogP contribution in [0.4, 0.5) is 5.69 Å².